The van der Waals surface area contributed by atoms with Crippen LogP contribution in [0.3, 0.4) is 0 Å². The maximum absolute atomic E-state index is 13.1. The molecule has 3 atom stereocenters. The summed E-state index contributed by atoms with van der Waals surface area (Å²) >= 11 is 0. The van der Waals surface area contributed by atoms with Crippen molar-refractivity contribution in [3.8, 4) is 0 Å². The van der Waals surface area contributed by atoms with Crippen molar-refractivity contribution in [1.82, 2.24) is 14.7 Å². The lowest BCUT2D eigenvalue weighted by Gasteiger charge is -2.41. The molecule has 0 aromatic carbocycles. The molecule has 5 heteroatoms. The van der Waals surface area contributed by atoms with E-state index in [1.54, 1.807) is 0 Å². The van der Waals surface area contributed by atoms with Crippen LogP contribution in [0.1, 0.15) is 65.2 Å². The van der Waals surface area contributed by atoms with Crippen molar-refractivity contribution in [3.05, 3.63) is 0 Å². The van der Waals surface area contributed by atoms with Crippen LogP contribution in [0, 0.1) is 5.92 Å². The largest absolute Gasteiger partial charge is 0.342 e. The Balaban J connectivity index is 1.59. The Morgan fingerprint density at radius 2 is 1.68 bits per heavy atom. The van der Waals surface area contributed by atoms with Gasteiger partial charge in [0, 0.05) is 32.2 Å². The Morgan fingerprint density at radius 3 is 2.40 bits per heavy atom. The average molecular weight is 350 g/mol. The quantitative estimate of drug-likeness (QED) is 0.783. The molecular weight excluding hydrogens is 314 g/mol. The molecule has 0 spiro atoms. The van der Waals surface area contributed by atoms with Crippen LogP contribution in [-0.2, 0) is 9.59 Å². The molecule has 3 rings (SSSR count). The van der Waals surface area contributed by atoms with Crippen molar-refractivity contribution in [2.75, 3.05) is 32.7 Å². The van der Waals surface area contributed by atoms with Crippen LogP contribution in [0.5, 0.6) is 0 Å². The summed E-state index contributed by atoms with van der Waals surface area (Å²) in [6, 6.07) is 0.317. The van der Waals surface area contributed by atoms with E-state index in [1.165, 1.54) is 6.42 Å². The summed E-state index contributed by atoms with van der Waals surface area (Å²) in [6.07, 6.45) is 8.86. The van der Waals surface area contributed by atoms with Gasteiger partial charge in [-0.05, 0) is 64.8 Å². The third-order valence-corrected chi connectivity index (χ3v) is 6.51. The number of carbonyl (C=O) groups excluding carboxylic acids is 2. The molecule has 2 amide bonds. The first-order valence-electron chi connectivity index (χ1n) is 10.4. The highest BCUT2D eigenvalue weighted by atomic mass is 16.2. The summed E-state index contributed by atoms with van der Waals surface area (Å²) in [5, 5.41) is 0. The lowest BCUT2D eigenvalue weighted by Crippen LogP contribution is -2.55. The van der Waals surface area contributed by atoms with E-state index in [2.05, 4.69) is 16.7 Å². The fourth-order valence-electron chi connectivity index (χ4n) is 4.87. The zero-order chi connectivity index (χ0) is 17.8. The van der Waals surface area contributed by atoms with E-state index in [9.17, 15) is 9.59 Å². The maximum atomic E-state index is 13.1. The summed E-state index contributed by atoms with van der Waals surface area (Å²) in [6.45, 7) is 8.70. The Morgan fingerprint density at radius 1 is 0.960 bits per heavy atom. The lowest BCUT2D eigenvalue weighted by atomic mass is 9.94. The molecule has 3 aliphatic rings. The molecule has 3 saturated heterocycles. The van der Waals surface area contributed by atoms with Crippen LogP contribution in [0.4, 0.5) is 0 Å². The molecule has 3 aliphatic heterocycles. The van der Waals surface area contributed by atoms with Gasteiger partial charge in [0.25, 0.3) is 0 Å². The molecule has 142 valence electrons. The van der Waals surface area contributed by atoms with Crippen LogP contribution < -0.4 is 0 Å². The molecule has 0 saturated carbocycles. The fraction of sp³-hybridized carbons (Fsp3) is 0.900. The number of rotatable bonds is 4. The van der Waals surface area contributed by atoms with Gasteiger partial charge in [-0.25, -0.2) is 0 Å². The summed E-state index contributed by atoms with van der Waals surface area (Å²) in [4.78, 5) is 32.3. The van der Waals surface area contributed by atoms with Gasteiger partial charge in [0.2, 0.25) is 11.8 Å². The van der Waals surface area contributed by atoms with Crippen molar-refractivity contribution in [1.29, 1.82) is 0 Å². The van der Waals surface area contributed by atoms with Gasteiger partial charge in [-0.2, -0.15) is 0 Å². The van der Waals surface area contributed by atoms with Crippen LogP contribution in [0.2, 0.25) is 0 Å². The Kier molecular flexibility index (Phi) is 6.37. The minimum atomic E-state index is -0.0960. The van der Waals surface area contributed by atoms with Gasteiger partial charge in [0.15, 0.2) is 0 Å². The zero-order valence-corrected chi connectivity index (χ0v) is 16.1. The van der Waals surface area contributed by atoms with E-state index in [-0.39, 0.29) is 17.9 Å². The van der Waals surface area contributed by atoms with E-state index in [0.29, 0.717) is 11.9 Å². The Bertz CT molecular complexity index is 476. The standard InChI is InChI=1S/C20H35N3O2/c1-3-18-10-4-5-14-23(18)19(24)16(2)22-13-8-9-17(15-22)20(25)21-11-6-7-12-21/h16-18H,3-15H2,1-2H3. The Labute approximate surface area is 152 Å². The zero-order valence-electron chi connectivity index (χ0n) is 16.1. The van der Waals surface area contributed by atoms with Crippen LogP contribution in [0.25, 0.3) is 0 Å². The molecule has 3 fully saturated rings. The number of amides is 2. The van der Waals surface area contributed by atoms with Crippen molar-refractivity contribution >= 4 is 11.8 Å². The maximum Gasteiger partial charge on any atom is 0.239 e. The van der Waals surface area contributed by atoms with Gasteiger partial charge in [-0.3, -0.25) is 14.5 Å². The molecule has 3 heterocycles. The molecule has 0 aliphatic carbocycles. The third kappa shape index (κ3) is 4.18. The predicted molar refractivity (Wildman–Crippen MR) is 99.2 cm³/mol. The number of hydrogen-bond acceptors (Lipinski definition) is 3. The van der Waals surface area contributed by atoms with Crippen LogP contribution in [0.15, 0.2) is 0 Å². The second kappa shape index (κ2) is 8.52. The highest BCUT2D eigenvalue weighted by Gasteiger charge is 2.36. The average Bonchev–Trinajstić information content (AvgIpc) is 3.21. The van der Waals surface area contributed by atoms with Crippen molar-refractivity contribution in [3.63, 3.8) is 0 Å². The number of nitrogens with zero attached hydrogens (tertiary/aromatic N) is 3. The number of carbonyl (C=O) groups is 2. The molecule has 0 radical (unpaired) electrons. The minimum Gasteiger partial charge on any atom is -0.342 e. The van der Waals surface area contributed by atoms with Gasteiger partial charge in [0.05, 0.1) is 12.0 Å². The van der Waals surface area contributed by atoms with E-state index < -0.39 is 0 Å². The molecule has 3 unspecified atom stereocenters. The smallest absolute Gasteiger partial charge is 0.239 e. The van der Waals surface area contributed by atoms with Crippen LogP contribution in [-0.4, -0.2) is 71.3 Å². The van der Waals surface area contributed by atoms with Crippen molar-refractivity contribution in [2.24, 2.45) is 5.92 Å². The number of hydrogen-bond donors (Lipinski definition) is 0. The second-order valence-corrected chi connectivity index (χ2v) is 8.13. The molecule has 0 aromatic rings. The first kappa shape index (κ1) is 18.7. The van der Waals surface area contributed by atoms with E-state index in [4.69, 9.17) is 0 Å². The summed E-state index contributed by atoms with van der Waals surface area (Å²) in [7, 11) is 0. The third-order valence-electron chi connectivity index (χ3n) is 6.51. The van der Waals surface area contributed by atoms with Crippen molar-refractivity contribution < 1.29 is 9.59 Å². The molecule has 0 bridgehead atoms. The summed E-state index contributed by atoms with van der Waals surface area (Å²) < 4.78 is 0. The van der Waals surface area contributed by atoms with Crippen molar-refractivity contribution in [2.45, 2.75) is 77.3 Å². The predicted octanol–water partition coefficient (Wildman–Crippen LogP) is 2.50. The summed E-state index contributed by atoms with van der Waals surface area (Å²) in [5.74, 6) is 0.692. The highest BCUT2D eigenvalue weighted by molar-refractivity contribution is 5.82. The number of piperidine rings is 2. The molecular formula is C20H35N3O2. The minimum absolute atomic E-state index is 0.0884. The first-order valence-corrected chi connectivity index (χ1v) is 10.4. The fourth-order valence-corrected chi connectivity index (χ4v) is 4.87. The van der Waals surface area contributed by atoms with Gasteiger partial charge in [-0.1, -0.05) is 6.92 Å². The first-order chi connectivity index (χ1) is 12.1. The Hall–Kier alpha value is -1.10. The van der Waals surface area contributed by atoms with Gasteiger partial charge < -0.3 is 9.80 Å². The van der Waals surface area contributed by atoms with Gasteiger partial charge in [-0.15, -0.1) is 0 Å². The van der Waals surface area contributed by atoms with Gasteiger partial charge in [0.1, 0.15) is 0 Å². The van der Waals surface area contributed by atoms with Gasteiger partial charge >= 0.3 is 0 Å². The lowest BCUT2D eigenvalue weighted by molar-refractivity contribution is -0.144. The van der Waals surface area contributed by atoms with E-state index in [1.807, 2.05) is 11.8 Å². The molecule has 0 N–H and O–H groups in total. The topological polar surface area (TPSA) is 43.9 Å². The molecule has 0 aromatic heterocycles. The normalized spacial score (nSPS) is 29.7. The van der Waals surface area contributed by atoms with E-state index in [0.717, 1.165) is 77.7 Å². The van der Waals surface area contributed by atoms with E-state index >= 15 is 0 Å². The molecule has 5 nitrogen and oxygen atoms in total. The highest BCUT2D eigenvalue weighted by Crippen LogP contribution is 2.25. The van der Waals surface area contributed by atoms with Crippen LogP contribution >= 0.6 is 0 Å². The monoisotopic (exact) mass is 349 g/mol. The second-order valence-electron chi connectivity index (χ2n) is 8.13. The number of likely N-dealkylation sites (tertiary alicyclic amines) is 3. The molecule has 25 heavy (non-hydrogen) atoms. The SMILES string of the molecule is CCC1CCCCN1C(=O)C(C)N1CCCC(C(=O)N2CCCC2)C1. The summed E-state index contributed by atoms with van der Waals surface area (Å²) in [5.41, 5.74) is 0.